The minimum Gasteiger partial charge on any atom is -0.481 e. The number of carbonyl (C=O) groups excluding carboxylic acids is 1. The van der Waals surface area contributed by atoms with Gasteiger partial charge >= 0.3 is 0 Å². The molecule has 0 unspecified atom stereocenters. The Morgan fingerprint density at radius 1 is 1.17 bits per heavy atom. The molecule has 5 nitrogen and oxygen atoms in total. The lowest BCUT2D eigenvalue weighted by Crippen LogP contribution is -2.03. The van der Waals surface area contributed by atoms with Crippen molar-refractivity contribution in [2.24, 2.45) is 0 Å². The number of methoxy groups -OCH3 is 1. The molecule has 2 heterocycles. The minimum absolute atomic E-state index is 0.105. The fraction of sp³-hybridized carbons (Fsp3) is 0.278. The lowest BCUT2D eigenvalue weighted by atomic mass is 10.1. The summed E-state index contributed by atoms with van der Waals surface area (Å²) in [5.41, 5.74) is 4.14. The minimum atomic E-state index is -0.105. The molecule has 118 valence electrons. The molecule has 5 heteroatoms. The molecule has 0 spiro atoms. The van der Waals surface area contributed by atoms with Crippen LogP contribution in [0.25, 0.3) is 5.78 Å². The Bertz CT molecular complexity index is 879. The summed E-state index contributed by atoms with van der Waals surface area (Å²) in [6.45, 7) is 6.02. The maximum absolute atomic E-state index is 12.6. The number of rotatable bonds is 4. The van der Waals surface area contributed by atoms with Gasteiger partial charge in [-0.15, -0.1) is 0 Å². The number of ketones is 1. The molecule has 23 heavy (non-hydrogen) atoms. The van der Waals surface area contributed by atoms with E-state index in [2.05, 4.69) is 9.97 Å². The number of carbonyl (C=O) groups is 1. The summed E-state index contributed by atoms with van der Waals surface area (Å²) in [5, 5.41) is 0. The van der Waals surface area contributed by atoms with Crippen molar-refractivity contribution in [1.82, 2.24) is 14.4 Å². The van der Waals surface area contributed by atoms with E-state index in [1.54, 1.807) is 13.3 Å². The van der Waals surface area contributed by atoms with Crippen molar-refractivity contribution in [2.45, 2.75) is 27.2 Å². The van der Waals surface area contributed by atoms with Gasteiger partial charge in [-0.1, -0.05) is 36.8 Å². The molecular formula is C18H19N3O2. The van der Waals surface area contributed by atoms with E-state index in [0.29, 0.717) is 22.9 Å². The molecule has 0 saturated carbocycles. The average molecular weight is 309 g/mol. The van der Waals surface area contributed by atoms with E-state index in [4.69, 9.17) is 4.74 Å². The number of aryl methyl sites for hydroxylation is 2. The van der Waals surface area contributed by atoms with Crippen LogP contribution < -0.4 is 4.74 Å². The first kappa shape index (κ1) is 15.2. The van der Waals surface area contributed by atoms with Crippen molar-refractivity contribution in [2.75, 3.05) is 7.11 Å². The number of hydrogen-bond donors (Lipinski definition) is 0. The maximum atomic E-state index is 12.6. The van der Waals surface area contributed by atoms with E-state index >= 15 is 0 Å². The molecule has 1 aromatic carbocycles. The Morgan fingerprint density at radius 3 is 2.48 bits per heavy atom. The molecule has 3 aromatic rings. The van der Waals surface area contributed by atoms with Crippen LogP contribution >= 0.6 is 0 Å². The molecule has 0 amide bonds. The number of imidazole rings is 1. The fourth-order valence-corrected chi connectivity index (χ4v) is 2.69. The molecular weight excluding hydrogens is 290 g/mol. The van der Waals surface area contributed by atoms with Gasteiger partial charge in [0, 0.05) is 23.0 Å². The number of benzene rings is 1. The summed E-state index contributed by atoms with van der Waals surface area (Å²) < 4.78 is 7.19. The predicted molar refractivity (Wildman–Crippen MR) is 88.3 cm³/mol. The molecule has 0 saturated heterocycles. The summed E-state index contributed by atoms with van der Waals surface area (Å²) in [6, 6.07) is 7.48. The van der Waals surface area contributed by atoms with Gasteiger partial charge < -0.3 is 4.74 Å². The highest BCUT2D eigenvalue weighted by Gasteiger charge is 2.18. The summed E-state index contributed by atoms with van der Waals surface area (Å²) >= 11 is 0. The van der Waals surface area contributed by atoms with Crippen molar-refractivity contribution in [3.63, 3.8) is 0 Å². The van der Waals surface area contributed by atoms with Crippen molar-refractivity contribution in [1.29, 1.82) is 0 Å². The standard InChI is InChI=1S/C18H19N3O2/c1-5-14-12(3)21-10-15(19-18(21)20-17(14)23-4)16(22)13-8-6-11(2)7-9-13/h6-10H,5H2,1-4H3. The SMILES string of the molecule is CCc1c(OC)nc2nc(C(=O)c3ccc(C)cc3)cn2c1C. The second-order valence-corrected chi connectivity index (χ2v) is 5.53. The third kappa shape index (κ3) is 2.59. The van der Waals surface area contributed by atoms with Crippen molar-refractivity contribution < 1.29 is 9.53 Å². The van der Waals surface area contributed by atoms with Crippen LogP contribution in [0.1, 0.15) is 39.8 Å². The second kappa shape index (κ2) is 5.83. The molecule has 0 aliphatic heterocycles. The van der Waals surface area contributed by atoms with E-state index in [0.717, 1.165) is 23.2 Å². The van der Waals surface area contributed by atoms with Gasteiger partial charge in [-0.25, -0.2) is 4.98 Å². The van der Waals surface area contributed by atoms with Crippen LogP contribution in [-0.4, -0.2) is 27.3 Å². The number of nitrogens with zero attached hydrogens (tertiary/aromatic N) is 3. The summed E-state index contributed by atoms with van der Waals surface area (Å²) in [5.74, 6) is 0.941. The summed E-state index contributed by atoms with van der Waals surface area (Å²) in [7, 11) is 1.60. The normalized spacial score (nSPS) is 11.0. The van der Waals surface area contributed by atoms with Crippen molar-refractivity contribution >= 4 is 11.6 Å². The Kier molecular flexibility index (Phi) is 3.86. The summed E-state index contributed by atoms with van der Waals surface area (Å²) in [6.07, 6.45) is 2.55. The zero-order chi connectivity index (χ0) is 16.6. The zero-order valence-corrected chi connectivity index (χ0v) is 13.8. The number of ether oxygens (including phenoxy) is 1. The molecule has 0 N–H and O–H groups in total. The quantitative estimate of drug-likeness (QED) is 0.695. The van der Waals surface area contributed by atoms with Gasteiger partial charge in [-0.3, -0.25) is 9.20 Å². The van der Waals surface area contributed by atoms with Gasteiger partial charge in [0.15, 0.2) is 0 Å². The molecule has 0 aliphatic rings. The maximum Gasteiger partial charge on any atom is 0.237 e. The Hall–Kier alpha value is -2.69. The van der Waals surface area contributed by atoms with Gasteiger partial charge in [0.25, 0.3) is 0 Å². The topological polar surface area (TPSA) is 56.5 Å². The first-order valence-electron chi connectivity index (χ1n) is 7.59. The number of hydrogen-bond acceptors (Lipinski definition) is 4. The van der Waals surface area contributed by atoms with E-state index in [1.165, 1.54) is 0 Å². The van der Waals surface area contributed by atoms with Gasteiger partial charge in [0.05, 0.1) is 7.11 Å². The Balaban J connectivity index is 2.11. The monoisotopic (exact) mass is 309 g/mol. The highest BCUT2D eigenvalue weighted by molar-refractivity contribution is 6.07. The molecule has 0 radical (unpaired) electrons. The summed E-state index contributed by atoms with van der Waals surface area (Å²) in [4.78, 5) is 21.4. The molecule has 0 aliphatic carbocycles. The van der Waals surface area contributed by atoms with E-state index in [1.807, 2.05) is 49.4 Å². The number of aromatic nitrogens is 3. The third-order valence-electron chi connectivity index (χ3n) is 4.04. The largest absolute Gasteiger partial charge is 0.481 e. The van der Waals surface area contributed by atoms with Crippen molar-refractivity contribution in [3.8, 4) is 5.88 Å². The van der Waals surface area contributed by atoms with E-state index in [-0.39, 0.29) is 5.78 Å². The van der Waals surface area contributed by atoms with Crippen LogP contribution in [0.5, 0.6) is 5.88 Å². The van der Waals surface area contributed by atoms with Gasteiger partial charge in [0.1, 0.15) is 5.69 Å². The molecule has 0 fully saturated rings. The molecule has 0 bridgehead atoms. The lowest BCUT2D eigenvalue weighted by molar-refractivity contribution is 0.103. The van der Waals surface area contributed by atoms with Gasteiger partial charge in [-0.2, -0.15) is 4.98 Å². The lowest BCUT2D eigenvalue weighted by Gasteiger charge is -2.10. The first-order chi connectivity index (χ1) is 11.0. The zero-order valence-electron chi connectivity index (χ0n) is 13.8. The smallest absolute Gasteiger partial charge is 0.237 e. The molecule has 0 atom stereocenters. The van der Waals surface area contributed by atoms with Gasteiger partial charge in [-0.05, 0) is 20.3 Å². The fourth-order valence-electron chi connectivity index (χ4n) is 2.69. The van der Waals surface area contributed by atoms with E-state index in [9.17, 15) is 4.79 Å². The van der Waals surface area contributed by atoms with Crippen molar-refractivity contribution in [3.05, 3.63) is 58.5 Å². The third-order valence-corrected chi connectivity index (χ3v) is 4.04. The van der Waals surface area contributed by atoms with Crippen LogP contribution in [0.15, 0.2) is 30.5 Å². The molecule has 3 rings (SSSR count). The van der Waals surface area contributed by atoms with Gasteiger partial charge in [0.2, 0.25) is 17.4 Å². The van der Waals surface area contributed by atoms with E-state index < -0.39 is 0 Å². The molecule has 2 aromatic heterocycles. The van der Waals surface area contributed by atoms with Crippen LogP contribution in [0.2, 0.25) is 0 Å². The van der Waals surface area contributed by atoms with Crippen LogP contribution in [-0.2, 0) is 6.42 Å². The van der Waals surface area contributed by atoms with Crippen LogP contribution in [0.4, 0.5) is 0 Å². The Morgan fingerprint density at radius 2 is 1.87 bits per heavy atom. The average Bonchev–Trinajstić information content (AvgIpc) is 2.99. The number of fused-ring (bicyclic) bond motifs is 1. The van der Waals surface area contributed by atoms with Crippen LogP contribution in [0, 0.1) is 13.8 Å². The predicted octanol–water partition coefficient (Wildman–Crippen LogP) is 3.15. The second-order valence-electron chi connectivity index (χ2n) is 5.53. The Labute approximate surface area is 135 Å². The van der Waals surface area contributed by atoms with Crippen LogP contribution in [0.3, 0.4) is 0 Å². The highest BCUT2D eigenvalue weighted by atomic mass is 16.5. The first-order valence-corrected chi connectivity index (χ1v) is 7.59. The highest BCUT2D eigenvalue weighted by Crippen LogP contribution is 2.22.